The highest BCUT2D eigenvalue weighted by molar-refractivity contribution is 5.55. The summed E-state index contributed by atoms with van der Waals surface area (Å²) in [6.07, 6.45) is 18.2. The largest absolute Gasteiger partial charge is 0.359 e. The minimum absolute atomic E-state index is 1.07. The number of allylic oxidation sites excluding steroid dienone is 1. The van der Waals surface area contributed by atoms with Gasteiger partial charge in [-0.3, -0.25) is 0 Å². The zero-order chi connectivity index (χ0) is 17.5. The highest BCUT2D eigenvalue weighted by atomic mass is 14.9. The molecule has 24 heavy (non-hydrogen) atoms. The van der Waals surface area contributed by atoms with Crippen molar-refractivity contribution in [2.75, 3.05) is 5.32 Å². The first kappa shape index (κ1) is 20.5. The van der Waals surface area contributed by atoms with Gasteiger partial charge in [0.15, 0.2) is 0 Å². The Hall–Kier alpha value is -1.50. The molecule has 1 aromatic carbocycles. The molecule has 1 heteroatoms. The molecule has 1 N–H and O–H groups in total. The molecule has 0 saturated carbocycles. The molecule has 0 atom stereocenters. The Labute approximate surface area is 150 Å². The number of benzene rings is 1. The lowest BCUT2D eigenvalue weighted by molar-refractivity contribution is 0.549. The van der Waals surface area contributed by atoms with Gasteiger partial charge in [0.05, 0.1) is 0 Å². The van der Waals surface area contributed by atoms with Gasteiger partial charge in [-0.15, -0.1) is 0 Å². The minimum Gasteiger partial charge on any atom is -0.359 e. The predicted octanol–water partition coefficient (Wildman–Crippen LogP) is 7.96. The molecule has 0 fully saturated rings. The van der Waals surface area contributed by atoms with E-state index in [9.17, 15) is 0 Å². The molecule has 0 aliphatic heterocycles. The second-order valence-corrected chi connectivity index (χ2v) is 6.84. The zero-order valence-electron chi connectivity index (χ0n) is 15.8. The zero-order valence-corrected chi connectivity index (χ0v) is 15.8. The van der Waals surface area contributed by atoms with Crippen LogP contribution in [-0.4, -0.2) is 0 Å². The molecule has 0 bridgehead atoms. The van der Waals surface area contributed by atoms with Crippen LogP contribution in [0.25, 0.3) is 6.08 Å². The van der Waals surface area contributed by atoms with Crippen molar-refractivity contribution in [2.45, 2.75) is 84.0 Å². The summed E-state index contributed by atoms with van der Waals surface area (Å²) in [6, 6.07) is 8.32. The lowest BCUT2D eigenvalue weighted by Gasteiger charge is -2.10. The molecule has 1 nitrogen and oxygen atoms in total. The third-order valence-corrected chi connectivity index (χ3v) is 4.55. The molecule has 1 aromatic rings. The normalized spacial score (nSPS) is 10.5. The summed E-state index contributed by atoms with van der Waals surface area (Å²) in [7, 11) is 0. The van der Waals surface area contributed by atoms with Crippen LogP contribution in [0.2, 0.25) is 0 Å². The van der Waals surface area contributed by atoms with Gasteiger partial charge in [0.25, 0.3) is 0 Å². The van der Waals surface area contributed by atoms with Crippen LogP contribution < -0.4 is 5.32 Å². The highest BCUT2D eigenvalue weighted by Crippen LogP contribution is 2.16. The quantitative estimate of drug-likeness (QED) is 0.322. The molecule has 0 spiro atoms. The van der Waals surface area contributed by atoms with Crippen molar-refractivity contribution in [1.82, 2.24) is 0 Å². The van der Waals surface area contributed by atoms with Crippen LogP contribution in [0.15, 0.2) is 43.1 Å². The fraction of sp³-hybridized carbons (Fsp3) is 0.565. The van der Waals surface area contributed by atoms with Gasteiger partial charge in [0.1, 0.15) is 0 Å². The molecule has 0 saturated heterocycles. The lowest BCUT2D eigenvalue weighted by atomic mass is 10.0. The molecule has 1 rings (SSSR count). The predicted molar refractivity (Wildman–Crippen MR) is 110 cm³/mol. The van der Waals surface area contributed by atoms with Gasteiger partial charge in [0, 0.05) is 11.4 Å². The van der Waals surface area contributed by atoms with Crippen molar-refractivity contribution in [3.8, 4) is 0 Å². The summed E-state index contributed by atoms with van der Waals surface area (Å²) in [5.74, 6) is 0. The van der Waals surface area contributed by atoms with Crippen molar-refractivity contribution in [3.05, 3.63) is 48.7 Å². The van der Waals surface area contributed by atoms with Gasteiger partial charge in [0.2, 0.25) is 0 Å². The number of hydrogen-bond donors (Lipinski definition) is 1. The van der Waals surface area contributed by atoms with Crippen LogP contribution in [0.4, 0.5) is 5.69 Å². The topological polar surface area (TPSA) is 12.0 Å². The van der Waals surface area contributed by atoms with E-state index < -0.39 is 0 Å². The van der Waals surface area contributed by atoms with Crippen LogP contribution in [0, 0.1) is 0 Å². The first-order valence-electron chi connectivity index (χ1n) is 9.93. The Morgan fingerprint density at radius 1 is 0.833 bits per heavy atom. The van der Waals surface area contributed by atoms with Gasteiger partial charge < -0.3 is 5.32 Å². The van der Waals surface area contributed by atoms with Crippen molar-refractivity contribution in [2.24, 2.45) is 0 Å². The fourth-order valence-corrected chi connectivity index (χ4v) is 2.97. The first-order chi connectivity index (χ1) is 11.8. The number of nitrogens with one attached hydrogen (secondary N) is 1. The van der Waals surface area contributed by atoms with E-state index in [0.717, 1.165) is 23.4 Å². The summed E-state index contributed by atoms with van der Waals surface area (Å²) in [4.78, 5) is 0. The molecular weight excluding hydrogens is 290 g/mol. The van der Waals surface area contributed by atoms with Crippen LogP contribution in [0.1, 0.15) is 89.5 Å². The van der Waals surface area contributed by atoms with Crippen molar-refractivity contribution in [1.29, 1.82) is 0 Å². The maximum atomic E-state index is 4.14. The third-order valence-electron chi connectivity index (χ3n) is 4.55. The molecule has 0 aliphatic rings. The third kappa shape index (κ3) is 10.3. The number of rotatable bonds is 15. The van der Waals surface area contributed by atoms with E-state index >= 15 is 0 Å². The van der Waals surface area contributed by atoms with Gasteiger partial charge in [-0.25, -0.2) is 0 Å². The number of anilines is 1. The molecule has 134 valence electrons. The van der Waals surface area contributed by atoms with E-state index in [4.69, 9.17) is 0 Å². The molecule has 0 radical (unpaired) electrons. The minimum atomic E-state index is 1.07. The van der Waals surface area contributed by atoms with Crippen LogP contribution in [0.5, 0.6) is 0 Å². The van der Waals surface area contributed by atoms with Crippen LogP contribution in [-0.2, 0) is 0 Å². The SMILES string of the molecule is C=Cc1ccc(NC(=C)CCCCCCCCCCCCC)cc1. The van der Waals surface area contributed by atoms with Gasteiger partial charge in [-0.2, -0.15) is 0 Å². The first-order valence-corrected chi connectivity index (χ1v) is 9.93. The van der Waals surface area contributed by atoms with Crippen LogP contribution >= 0.6 is 0 Å². The molecule has 0 aromatic heterocycles. The Balaban J connectivity index is 1.95. The fourth-order valence-electron chi connectivity index (χ4n) is 2.97. The standard InChI is InChI=1S/C23H37N/c1-4-6-7-8-9-10-11-12-13-14-15-16-21(3)24-23-19-17-22(5-2)18-20-23/h5,17-20,24H,2-4,6-16H2,1H3. The Morgan fingerprint density at radius 2 is 1.33 bits per heavy atom. The molecule has 0 aliphatic carbocycles. The molecular formula is C23H37N. The smallest absolute Gasteiger partial charge is 0.0382 e. The van der Waals surface area contributed by atoms with Gasteiger partial charge >= 0.3 is 0 Å². The molecule has 0 heterocycles. The van der Waals surface area contributed by atoms with E-state index in [-0.39, 0.29) is 0 Å². The Morgan fingerprint density at radius 3 is 1.83 bits per heavy atom. The van der Waals surface area contributed by atoms with E-state index in [1.807, 2.05) is 6.08 Å². The van der Waals surface area contributed by atoms with E-state index in [2.05, 4.69) is 49.7 Å². The van der Waals surface area contributed by atoms with Gasteiger partial charge in [-0.05, 0) is 30.5 Å². The summed E-state index contributed by atoms with van der Waals surface area (Å²) in [6.45, 7) is 10.2. The number of unbranched alkanes of at least 4 members (excludes halogenated alkanes) is 10. The summed E-state index contributed by atoms with van der Waals surface area (Å²) in [5.41, 5.74) is 3.39. The summed E-state index contributed by atoms with van der Waals surface area (Å²) < 4.78 is 0. The van der Waals surface area contributed by atoms with E-state index in [1.165, 1.54) is 70.6 Å². The summed E-state index contributed by atoms with van der Waals surface area (Å²) >= 11 is 0. The Kier molecular flexibility index (Phi) is 11.9. The van der Waals surface area contributed by atoms with Crippen LogP contribution in [0.3, 0.4) is 0 Å². The average molecular weight is 328 g/mol. The second kappa shape index (κ2) is 13.9. The van der Waals surface area contributed by atoms with E-state index in [1.54, 1.807) is 0 Å². The average Bonchev–Trinajstić information content (AvgIpc) is 2.60. The number of hydrogen-bond acceptors (Lipinski definition) is 1. The lowest BCUT2D eigenvalue weighted by Crippen LogP contribution is -1.98. The summed E-state index contributed by atoms with van der Waals surface area (Å²) in [5, 5.41) is 3.40. The van der Waals surface area contributed by atoms with Crippen molar-refractivity contribution >= 4 is 11.8 Å². The molecule has 0 unspecified atom stereocenters. The maximum Gasteiger partial charge on any atom is 0.0382 e. The second-order valence-electron chi connectivity index (χ2n) is 6.84. The van der Waals surface area contributed by atoms with Crippen molar-refractivity contribution < 1.29 is 0 Å². The van der Waals surface area contributed by atoms with Gasteiger partial charge in [-0.1, -0.05) is 102 Å². The van der Waals surface area contributed by atoms with Crippen molar-refractivity contribution in [3.63, 3.8) is 0 Å². The Bertz CT molecular complexity index is 444. The highest BCUT2D eigenvalue weighted by Gasteiger charge is 1.97. The van der Waals surface area contributed by atoms with E-state index in [0.29, 0.717) is 0 Å². The maximum absolute atomic E-state index is 4.14. The monoisotopic (exact) mass is 327 g/mol. The molecule has 0 amide bonds.